The molecule has 1 aliphatic rings. The van der Waals surface area contributed by atoms with Gasteiger partial charge in [-0.15, -0.1) is 21.5 Å². The third-order valence-electron chi connectivity index (χ3n) is 3.81. The van der Waals surface area contributed by atoms with Gasteiger partial charge in [0.1, 0.15) is 4.21 Å². The van der Waals surface area contributed by atoms with Crippen molar-refractivity contribution in [2.45, 2.75) is 24.5 Å². The maximum Gasteiger partial charge on any atom is 0.311 e. The zero-order valence-electron chi connectivity index (χ0n) is 13.4. The van der Waals surface area contributed by atoms with E-state index in [1.165, 1.54) is 20.5 Å². The summed E-state index contributed by atoms with van der Waals surface area (Å²) in [5.74, 6) is -0.101. The Balaban J connectivity index is 1.67. The predicted molar refractivity (Wildman–Crippen MR) is 87.4 cm³/mol. The highest BCUT2D eigenvalue weighted by molar-refractivity contribution is 7.91. The molecule has 2 aromatic heterocycles. The Kier molecular flexibility index (Phi) is 4.70. The van der Waals surface area contributed by atoms with E-state index in [4.69, 9.17) is 4.42 Å². The van der Waals surface area contributed by atoms with Crippen LogP contribution < -0.4 is 0 Å². The molecule has 2 aromatic rings. The van der Waals surface area contributed by atoms with Crippen LogP contribution in [0.1, 0.15) is 28.4 Å². The van der Waals surface area contributed by atoms with Crippen LogP contribution in [0, 0.1) is 6.92 Å². The van der Waals surface area contributed by atoms with Crippen molar-refractivity contribution in [3.63, 3.8) is 0 Å². The number of aromatic nitrogens is 2. The van der Waals surface area contributed by atoms with Crippen LogP contribution in [-0.2, 0) is 16.4 Å². The number of piperazine rings is 1. The Hall–Kier alpha value is -1.78. The molecular weight excluding hydrogens is 352 g/mol. The van der Waals surface area contributed by atoms with Crippen LogP contribution >= 0.6 is 11.3 Å². The van der Waals surface area contributed by atoms with Crippen molar-refractivity contribution in [3.8, 4) is 0 Å². The predicted octanol–water partition coefficient (Wildman–Crippen LogP) is 1.15. The zero-order valence-corrected chi connectivity index (χ0v) is 15.1. The topological polar surface area (TPSA) is 96.6 Å². The quantitative estimate of drug-likeness (QED) is 0.801. The van der Waals surface area contributed by atoms with Crippen molar-refractivity contribution in [1.29, 1.82) is 0 Å². The molecule has 0 aliphatic carbocycles. The second-order valence-corrected chi connectivity index (χ2v) is 8.73. The van der Waals surface area contributed by atoms with Crippen LogP contribution in [0.3, 0.4) is 0 Å². The number of carbonyl (C=O) groups excluding carboxylic acids is 1. The summed E-state index contributed by atoms with van der Waals surface area (Å²) < 4.78 is 32.2. The summed E-state index contributed by atoms with van der Waals surface area (Å²) in [5.41, 5.74) is 0. The van der Waals surface area contributed by atoms with E-state index in [-0.39, 0.29) is 24.9 Å². The minimum atomic E-state index is -3.50. The molecule has 1 fully saturated rings. The molecule has 130 valence electrons. The summed E-state index contributed by atoms with van der Waals surface area (Å²) in [4.78, 5) is 14.8. The van der Waals surface area contributed by atoms with Crippen LogP contribution in [0.5, 0.6) is 0 Å². The van der Waals surface area contributed by atoms with Crippen molar-refractivity contribution < 1.29 is 17.6 Å². The average Bonchev–Trinajstić information content (AvgIpc) is 3.23. The van der Waals surface area contributed by atoms with E-state index >= 15 is 0 Å². The lowest BCUT2D eigenvalue weighted by atomic mass is 10.3. The second-order valence-electron chi connectivity index (χ2n) is 5.40. The van der Waals surface area contributed by atoms with Gasteiger partial charge in [-0.05, 0) is 18.6 Å². The molecule has 0 radical (unpaired) electrons. The number of nitrogens with zero attached hydrogens (tertiary/aromatic N) is 4. The molecule has 0 atom stereocenters. The highest BCUT2D eigenvalue weighted by Crippen LogP contribution is 2.26. The number of thiophene rings is 1. The summed E-state index contributed by atoms with van der Waals surface area (Å²) in [6.07, 6.45) is 0.812. The first-order valence-corrected chi connectivity index (χ1v) is 9.85. The Morgan fingerprint density at radius 2 is 1.96 bits per heavy atom. The van der Waals surface area contributed by atoms with E-state index in [2.05, 4.69) is 10.2 Å². The zero-order chi connectivity index (χ0) is 17.3. The highest BCUT2D eigenvalue weighted by Gasteiger charge is 2.32. The highest BCUT2D eigenvalue weighted by atomic mass is 32.2. The third-order valence-corrected chi connectivity index (χ3v) is 7.41. The monoisotopic (exact) mass is 370 g/mol. The third kappa shape index (κ3) is 3.21. The fraction of sp³-hybridized carbons (Fsp3) is 0.500. The minimum Gasteiger partial charge on any atom is -0.417 e. The number of carbonyl (C=O) groups is 1. The molecule has 0 unspecified atom stereocenters. The van der Waals surface area contributed by atoms with Gasteiger partial charge in [-0.3, -0.25) is 4.79 Å². The van der Waals surface area contributed by atoms with E-state index < -0.39 is 10.0 Å². The van der Waals surface area contributed by atoms with Crippen molar-refractivity contribution in [2.24, 2.45) is 0 Å². The number of rotatable bonds is 4. The molecular formula is C14H18N4O4S2. The van der Waals surface area contributed by atoms with E-state index in [0.29, 0.717) is 23.2 Å². The van der Waals surface area contributed by atoms with Crippen molar-refractivity contribution in [1.82, 2.24) is 19.4 Å². The van der Waals surface area contributed by atoms with Gasteiger partial charge >= 0.3 is 11.8 Å². The number of sulfonamides is 1. The number of hydrogen-bond acceptors (Lipinski definition) is 7. The minimum absolute atomic E-state index is 0.0605. The van der Waals surface area contributed by atoms with Crippen molar-refractivity contribution in [3.05, 3.63) is 28.8 Å². The number of aryl methyl sites for hydroxylation is 2. The normalized spacial score (nSPS) is 16.5. The van der Waals surface area contributed by atoms with Crippen LogP contribution in [0.4, 0.5) is 0 Å². The average molecular weight is 370 g/mol. The Morgan fingerprint density at radius 3 is 2.50 bits per heavy atom. The Morgan fingerprint density at radius 1 is 1.25 bits per heavy atom. The lowest BCUT2D eigenvalue weighted by Gasteiger charge is -2.32. The van der Waals surface area contributed by atoms with Crippen LogP contribution in [0.25, 0.3) is 0 Å². The summed E-state index contributed by atoms with van der Waals surface area (Å²) in [6, 6.07) is 3.49. The standard InChI is InChI=1S/C14H18N4O4S2/c1-3-11-4-5-12(23-11)24(20,21)18-8-6-17(7-9-18)14(19)13-16-15-10(2)22-13/h4-5H,3,6-9H2,1-2H3. The van der Waals surface area contributed by atoms with Crippen molar-refractivity contribution >= 4 is 27.3 Å². The largest absolute Gasteiger partial charge is 0.417 e. The Labute approximate surface area is 144 Å². The molecule has 24 heavy (non-hydrogen) atoms. The first-order valence-electron chi connectivity index (χ1n) is 7.60. The van der Waals surface area contributed by atoms with Crippen LogP contribution in [0.15, 0.2) is 20.8 Å². The molecule has 1 aliphatic heterocycles. The molecule has 3 heterocycles. The molecule has 3 rings (SSSR count). The fourth-order valence-electron chi connectivity index (χ4n) is 2.46. The molecule has 1 amide bonds. The van der Waals surface area contributed by atoms with Crippen LogP contribution in [-0.4, -0.2) is 59.9 Å². The molecule has 0 bridgehead atoms. The first kappa shape index (κ1) is 17.1. The first-order chi connectivity index (χ1) is 11.4. The van der Waals surface area contributed by atoms with Gasteiger partial charge in [-0.25, -0.2) is 8.42 Å². The van der Waals surface area contributed by atoms with Crippen LogP contribution in [0.2, 0.25) is 0 Å². The van der Waals surface area contributed by atoms with Gasteiger partial charge in [-0.1, -0.05) is 6.92 Å². The second kappa shape index (κ2) is 6.61. The maximum absolute atomic E-state index is 12.7. The Bertz CT molecular complexity index is 835. The molecule has 0 saturated carbocycles. The fourth-order valence-corrected chi connectivity index (χ4v) is 5.34. The summed E-state index contributed by atoms with van der Waals surface area (Å²) in [6.45, 7) is 4.70. The summed E-state index contributed by atoms with van der Waals surface area (Å²) >= 11 is 1.30. The summed E-state index contributed by atoms with van der Waals surface area (Å²) in [5, 5.41) is 7.35. The smallest absolute Gasteiger partial charge is 0.311 e. The van der Waals surface area contributed by atoms with E-state index in [0.717, 1.165) is 11.3 Å². The van der Waals surface area contributed by atoms with Gasteiger partial charge in [0.25, 0.3) is 10.0 Å². The van der Waals surface area contributed by atoms with Gasteiger partial charge in [-0.2, -0.15) is 4.31 Å². The molecule has 0 spiro atoms. The number of hydrogen-bond donors (Lipinski definition) is 0. The van der Waals surface area contributed by atoms with E-state index in [9.17, 15) is 13.2 Å². The van der Waals surface area contributed by atoms with E-state index in [1.54, 1.807) is 13.0 Å². The van der Waals surface area contributed by atoms with E-state index in [1.807, 2.05) is 13.0 Å². The van der Waals surface area contributed by atoms with Gasteiger partial charge in [0.2, 0.25) is 5.89 Å². The van der Waals surface area contributed by atoms with Crippen molar-refractivity contribution in [2.75, 3.05) is 26.2 Å². The van der Waals surface area contributed by atoms with Gasteiger partial charge in [0.05, 0.1) is 0 Å². The number of amides is 1. The van der Waals surface area contributed by atoms with Gasteiger partial charge < -0.3 is 9.32 Å². The molecule has 10 heteroatoms. The maximum atomic E-state index is 12.7. The molecule has 0 N–H and O–H groups in total. The van der Waals surface area contributed by atoms with Gasteiger partial charge in [0, 0.05) is 38.0 Å². The summed E-state index contributed by atoms with van der Waals surface area (Å²) in [7, 11) is -3.50. The SMILES string of the molecule is CCc1ccc(S(=O)(=O)N2CCN(C(=O)c3nnc(C)o3)CC2)s1. The molecule has 8 nitrogen and oxygen atoms in total. The lowest BCUT2D eigenvalue weighted by Crippen LogP contribution is -2.50. The molecule has 1 saturated heterocycles. The molecule has 0 aromatic carbocycles. The van der Waals surface area contributed by atoms with Gasteiger partial charge in [0.15, 0.2) is 0 Å². The lowest BCUT2D eigenvalue weighted by molar-refractivity contribution is 0.0656.